The van der Waals surface area contributed by atoms with Crippen molar-refractivity contribution in [3.8, 4) is 10.8 Å². The second-order valence-corrected chi connectivity index (χ2v) is 6.75. The summed E-state index contributed by atoms with van der Waals surface area (Å²) in [5, 5.41) is 1.97. The molecule has 2 atom stereocenters. The van der Waals surface area contributed by atoms with Crippen LogP contribution in [0.25, 0.3) is 10.8 Å². The van der Waals surface area contributed by atoms with Gasteiger partial charge in [-0.05, 0) is 37.6 Å². The molecule has 1 aliphatic heterocycles. The molecule has 2 aliphatic rings. The van der Waals surface area contributed by atoms with Crippen LogP contribution in [-0.4, -0.2) is 41.1 Å². The van der Waals surface area contributed by atoms with Gasteiger partial charge in [-0.15, -0.1) is 11.3 Å². The highest BCUT2D eigenvalue weighted by Crippen LogP contribution is 2.32. The lowest BCUT2D eigenvalue weighted by Crippen LogP contribution is -2.51. The van der Waals surface area contributed by atoms with Gasteiger partial charge in [-0.3, -0.25) is 4.79 Å². The largest absolute Gasteiger partial charge is 0.440 e. The number of amides is 1. The Bertz CT molecular complexity index is 680. The Morgan fingerprint density at radius 1 is 1.45 bits per heavy atom. The van der Waals surface area contributed by atoms with E-state index in [1.165, 1.54) is 0 Å². The third kappa shape index (κ3) is 2.27. The highest BCUT2D eigenvalue weighted by atomic mass is 32.1. The summed E-state index contributed by atoms with van der Waals surface area (Å²) in [6, 6.07) is 4.10. The lowest BCUT2D eigenvalue weighted by atomic mass is 10.1. The number of nitrogens with zero attached hydrogens (tertiary/aromatic N) is 2. The summed E-state index contributed by atoms with van der Waals surface area (Å²) in [7, 11) is 0. The monoisotopic (exact) mass is 318 g/mol. The van der Waals surface area contributed by atoms with Crippen LogP contribution in [0, 0.1) is 6.92 Å². The molecule has 0 aromatic carbocycles. The molecular weight excluding hydrogens is 300 g/mol. The van der Waals surface area contributed by atoms with E-state index >= 15 is 0 Å². The average Bonchev–Trinajstić information content (AvgIpc) is 3.25. The third-order valence-electron chi connectivity index (χ3n) is 4.47. The predicted molar refractivity (Wildman–Crippen MR) is 83.0 cm³/mol. The number of aryl methyl sites for hydroxylation is 1. The van der Waals surface area contributed by atoms with Gasteiger partial charge in [0.25, 0.3) is 5.91 Å². The van der Waals surface area contributed by atoms with Gasteiger partial charge in [0.2, 0.25) is 5.89 Å². The number of morpholine rings is 1. The van der Waals surface area contributed by atoms with Gasteiger partial charge in [0.15, 0.2) is 5.69 Å². The van der Waals surface area contributed by atoms with E-state index in [0.29, 0.717) is 30.5 Å². The van der Waals surface area contributed by atoms with E-state index in [9.17, 15) is 4.79 Å². The number of oxazole rings is 1. The van der Waals surface area contributed by atoms with Gasteiger partial charge in [-0.2, -0.15) is 0 Å². The molecule has 1 amide bonds. The molecule has 2 aromatic rings. The number of carbonyl (C=O) groups is 1. The lowest BCUT2D eigenvalue weighted by Gasteiger charge is -2.37. The van der Waals surface area contributed by atoms with E-state index in [0.717, 1.165) is 24.1 Å². The zero-order chi connectivity index (χ0) is 15.1. The Morgan fingerprint density at radius 2 is 2.36 bits per heavy atom. The second-order valence-electron chi connectivity index (χ2n) is 5.81. The molecule has 5 nitrogen and oxygen atoms in total. The van der Waals surface area contributed by atoms with Gasteiger partial charge in [0.1, 0.15) is 5.76 Å². The molecule has 2 aromatic heterocycles. The molecule has 1 saturated heterocycles. The summed E-state index contributed by atoms with van der Waals surface area (Å²) in [5.41, 5.74) is 0.441. The number of fused-ring (bicyclic) bond motifs is 1. The molecule has 2 fully saturated rings. The van der Waals surface area contributed by atoms with Gasteiger partial charge in [-0.25, -0.2) is 4.98 Å². The summed E-state index contributed by atoms with van der Waals surface area (Å²) >= 11 is 1.56. The van der Waals surface area contributed by atoms with Crippen molar-refractivity contribution in [2.45, 2.75) is 38.3 Å². The molecule has 116 valence electrons. The van der Waals surface area contributed by atoms with E-state index in [1.54, 1.807) is 11.3 Å². The minimum absolute atomic E-state index is 0.0238. The van der Waals surface area contributed by atoms with Crippen molar-refractivity contribution in [2.24, 2.45) is 0 Å². The summed E-state index contributed by atoms with van der Waals surface area (Å²) in [4.78, 5) is 20.2. The Labute approximate surface area is 132 Å². The van der Waals surface area contributed by atoms with Crippen molar-refractivity contribution < 1.29 is 13.9 Å². The van der Waals surface area contributed by atoms with Crippen molar-refractivity contribution in [2.75, 3.05) is 13.2 Å². The number of rotatable bonds is 2. The maximum Gasteiger partial charge on any atom is 0.276 e. The predicted octanol–water partition coefficient (Wildman–Crippen LogP) is 3.11. The van der Waals surface area contributed by atoms with Crippen LogP contribution in [0.15, 0.2) is 21.9 Å². The van der Waals surface area contributed by atoms with Crippen LogP contribution in [0.2, 0.25) is 0 Å². The maximum atomic E-state index is 12.9. The first-order valence-electron chi connectivity index (χ1n) is 7.68. The standard InChI is InChI=1S/C16H18N2O3S/c1-10-14(17-15(21-10)13-6-3-9-22-13)16(19)18-7-8-20-12-5-2-4-11(12)18/h3,6,9,11-12H,2,4-5,7-8H2,1H3/t11-,12+/m1/s1. The molecule has 0 bridgehead atoms. The lowest BCUT2D eigenvalue weighted by molar-refractivity contribution is -0.0447. The van der Waals surface area contributed by atoms with Crippen molar-refractivity contribution in [1.29, 1.82) is 0 Å². The topological polar surface area (TPSA) is 55.6 Å². The van der Waals surface area contributed by atoms with Gasteiger partial charge < -0.3 is 14.1 Å². The van der Waals surface area contributed by atoms with Crippen molar-refractivity contribution >= 4 is 17.2 Å². The third-order valence-corrected chi connectivity index (χ3v) is 5.33. The second kappa shape index (κ2) is 5.52. The fraction of sp³-hybridized carbons (Fsp3) is 0.500. The van der Waals surface area contributed by atoms with Crippen LogP contribution in [0.5, 0.6) is 0 Å². The molecule has 4 rings (SSSR count). The molecular formula is C16H18N2O3S. The van der Waals surface area contributed by atoms with Gasteiger partial charge in [0, 0.05) is 6.54 Å². The van der Waals surface area contributed by atoms with E-state index in [-0.39, 0.29) is 18.1 Å². The minimum atomic E-state index is -0.0238. The Hall–Kier alpha value is -1.66. The zero-order valence-corrected chi connectivity index (χ0v) is 13.3. The Balaban J connectivity index is 1.62. The quantitative estimate of drug-likeness (QED) is 0.854. The average molecular weight is 318 g/mol. The van der Waals surface area contributed by atoms with Crippen molar-refractivity contribution in [1.82, 2.24) is 9.88 Å². The summed E-state index contributed by atoms with van der Waals surface area (Å²) in [6.07, 6.45) is 3.39. The Kier molecular flexibility index (Phi) is 3.50. The smallest absolute Gasteiger partial charge is 0.276 e. The van der Waals surface area contributed by atoms with Crippen LogP contribution >= 0.6 is 11.3 Å². The number of aromatic nitrogens is 1. The highest BCUT2D eigenvalue weighted by molar-refractivity contribution is 7.13. The first-order chi connectivity index (χ1) is 10.7. The first-order valence-corrected chi connectivity index (χ1v) is 8.56. The highest BCUT2D eigenvalue weighted by Gasteiger charge is 2.39. The molecule has 1 aliphatic carbocycles. The van der Waals surface area contributed by atoms with Crippen molar-refractivity contribution in [3.05, 3.63) is 29.0 Å². The summed E-state index contributed by atoms with van der Waals surface area (Å²) < 4.78 is 11.5. The maximum absolute atomic E-state index is 12.9. The fourth-order valence-corrected chi connectivity index (χ4v) is 4.06. The molecule has 0 spiro atoms. The van der Waals surface area contributed by atoms with E-state index in [4.69, 9.17) is 9.15 Å². The van der Waals surface area contributed by atoms with Crippen LogP contribution in [-0.2, 0) is 4.74 Å². The van der Waals surface area contributed by atoms with Crippen LogP contribution < -0.4 is 0 Å². The Morgan fingerprint density at radius 3 is 3.18 bits per heavy atom. The van der Waals surface area contributed by atoms with Crippen LogP contribution in [0.1, 0.15) is 35.5 Å². The van der Waals surface area contributed by atoms with E-state index < -0.39 is 0 Å². The number of carbonyl (C=O) groups excluding carboxylic acids is 1. The summed E-state index contributed by atoms with van der Waals surface area (Å²) in [6.45, 7) is 3.06. The SMILES string of the molecule is Cc1oc(-c2cccs2)nc1C(=O)N1CCO[C@H]2CCC[C@H]21. The van der Waals surface area contributed by atoms with Crippen LogP contribution in [0.3, 0.4) is 0 Å². The number of hydrogen-bond acceptors (Lipinski definition) is 5. The summed E-state index contributed by atoms with van der Waals surface area (Å²) in [5.74, 6) is 1.10. The number of hydrogen-bond donors (Lipinski definition) is 0. The van der Waals surface area contributed by atoms with Crippen molar-refractivity contribution in [3.63, 3.8) is 0 Å². The fourth-order valence-electron chi connectivity index (χ4n) is 3.41. The molecule has 0 unspecified atom stereocenters. The molecule has 6 heteroatoms. The van der Waals surface area contributed by atoms with Crippen LogP contribution in [0.4, 0.5) is 0 Å². The zero-order valence-electron chi connectivity index (χ0n) is 12.4. The van der Waals surface area contributed by atoms with E-state index in [2.05, 4.69) is 4.98 Å². The molecule has 0 N–H and O–H groups in total. The van der Waals surface area contributed by atoms with Gasteiger partial charge >= 0.3 is 0 Å². The van der Waals surface area contributed by atoms with Gasteiger partial charge in [0.05, 0.1) is 23.6 Å². The number of ether oxygens (including phenoxy) is 1. The first kappa shape index (κ1) is 14.0. The van der Waals surface area contributed by atoms with Gasteiger partial charge in [-0.1, -0.05) is 6.07 Å². The number of thiophene rings is 1. The molecule has 1 saturated carbocycles. The normalized spacial score (nSPS) is 24.5. The minimum Gasteiger partial charge on any atom is -0.440 e. The van der Waals surface area contributed by atoms with E-state index in [1.807, 2.05) is 29.3 Å². The molecule has 3 heterocycles. The molecule has 0 radical (unpaired) electrons. The molecule has 22 heavy (non-hydrogen) atoms.